The number of hydrogen-bond donors (Lipinski definition) is 3. The standard InChI is InChI=1S/C41H44N12O6/c1-24-19-27(45-41(58)46-30-22-42-32-13-14-44-53(32)37(30)25-5-2-3-6-25)21-43-36(24)38-48-34(59-49-38)7-4-8-35(55)51-17-15-50(16-18-51)28-9-10-29-26(20-28)23-52(40(29)57)31-11-12-33(54)47-39(31)56/h9-10,13-14,19-22,25,31H,2-8,11-12,15-18,23H2,1H3,(H2,45,46,58)(H,47,54,56). The molecule has 0 spiro atoms. The number of nitrogens with zero attached hydrogens (tertiary/aromatic N) is 9. The third-order valence-electron chi connectivity index (χ3n) is 11.7. The van der Waals surface area contributed by atoms with Crippen LogP contribution in [0.4, 0.5) is 21.9 Å². The zero-order chi connectivity index (χ0) is 40.6. The minimum absolute atomic E-state index is 0.0569. The molecule has 3 fully saturated rings. The first kappa shape index (κ1) is 37.8. The van der Waals surface area contributed by atoms with Gasteiger partial charge >= 0.3 is 6.03 Å². The van der Waals surface area contributed by atoms with E-state index in [0.717, 1.165) is 53.8 Å². The number of piperidine rings is 1. The zero-order valence-electron chi connectivity index (χ0n) is 32.6. The molecule has 5 aromatic rings. The fourth-order valence-electron chi connectivity index (χ4n) is 8.71. The molecule has 2 saturated heterocycles. The highest BCUT2D eigenvalue weighted by Crippen LogP contribution is 2.38. The van der Waals surface area contributed by atoms with Crippen molar-refractivity contribution in [2.75, 3.05) is 41.7 Å². The fraction of sp³-hybridized carbons (Fsp3) is 0.415. The number of piperazine rings is 1. The van der Waals surface area contributed by atoms with Crippen molar-refractivity contribution in [3.63, 3.8) is 0 Å². The van der Waals surface area contributed by atoms with Crippen molar-refractivity contribution in [1.29, 1.82) is 0 Å². The van der Waals surface area contributed by atoms with Crippen LogP contribution in [-0.4, -0.2) is 101 Å². The van der Waals surface area contributed by atoms with Gasteiger partial charge in [0.2, 0.25) is 29.4 Å². The van der Waals surface area contributed by atoms with Crippen molar-refractivity contribution in [3.05, 3.63) is 77.2 Å². The smallest absolute Gasteiger partial charge is 0.323 e. The molecule has 304 valence electrons. The molecule has 1 aliphatic carbocycles. The normalized spacial score (nSPS) is 18.4. The van der Waals surface area contributed by atoms with Crippen molar-refractivity contribution in [3.8, 4) is 11.5 Å². The molecule has 4 aliphatic rings. The molecule has 3 N–H and O–H groups in total. The number of benzene rings is 1. The summed E-state index contributed by atoms with van der Waals surface area (Å²) in [7, 11) is 0. The van der Waals surface area contributed by atoms with Gasteiger partial charge in [0.15, 0.2) is 5.65 Å². The van der Waals surface area contributed by atoms with Crippen molar-refractivity contribution in [2.24, 2.45) is 0 Å². The summed E-state index contributed by atoms with van der Waals surface area (Å²) in [5, 5.41) is 16.8. The van der Waals surface area contributed by atoms with Crippen LogP contribution in [0.3, 0.4) is 0 Å². The lowest BCUT2D eigenvalue weighted by Crippen LogP contribution is -2.52. The SMILES string of the molecule is Cc1cc(NC(=O)Nc2cnc3ccnn3c2C2CCCC2)cnc1-c1noc(CCCC(=O)N2CCN(c3ccc4c(c3)CN(C3CCC(=O)NC3=O)C4=O)CC2)n1. The average Bonchev–Trinajstić information content (AvgIpc) is 4.07. The molecule has 0 bridgehead atoms. The minimum atomic E-state index is -0.652. The van der Waals surface area contributed by atoms with Gasteiger partial charge in [-0.15, -0.1) is 0 Å². The van der Waals surface area contributed by atoms with E-state index in [2.05, 4.69) is 46.1 Å². The molecule has 4 aromatic heterocycles. The maximum Gasteiger partial charge on any atom is 0.323 e. The van der Waals surface area contributed by atoms with Crippen molar-refractivity contribution in [1.82, 2.24) is 44.8 Å². The Labute approximate surface area is 338 Å². The van der Waals surface area contributed by atoms with Gasteiger partial charge in [-0.3, -0.25) is 29.5 Å². The maximum absolute atomic E-state index is 13.1. The van der Waals surface area contributed by atoms with Gasteiger partial charge in [0.25, 0.3) is 5.91 Å². The summed E-state index contributed by atoms with van der Waals surface area (Å²) >= 11 is 0. The Bertz CT molecular complexity index is 2470. The molecule has 3 aliphatic heterocycles. The van der Waals surface area contributed by atoms with Crippen LogP contribution in [0.2, 0.25) is 0 Å². The summed E-state index contributed by atoms with van der Waals surface area (Å²) in [4.78, 5) is 82.5. The number of aromatic nitrogens is 6. The highest BCUT2D eigenvalue weighted by Gasteiger charge is 2.39. The number of carbonyl (C=O) groups is 5. The molecule has 1 saturated carbocycles. The first-order valence-corrected chi connectivity index (χ1v) is 20.2. The third kappa shape index (κ3) is 7.69. The van der Waals surface area contributed by atoms with E-state index in [4.69, 9.17) is 4.52 Å². The number of fused-ring (bicyclic) bond motifs is 2. The van der Waals surface area contributed by atoms with Crippen molar-refractivity contribution in [2.45, 2.75) is 83.2 Å². The van der Waals surface area contributed by atoms with Gasteiger partial charge in [-0.2, -0.15) is 10.1 Å². The number of hydrogen-bond acceptors (Lipinski definition) is 12. The molecule has 7 heterocycles. The van der Waals surface area contributed by atoms with Crippen LogP contribution in [0.5, 0.6) is 0 Å². The van der Waals surface area contributed by atoms with Crippen molar-refractivity contribution >= 4 is 52.4 Å². The van der Waals surface area contributed by atoms with Crippen molar-refractivity contribution < 1.29 is 28.5 Å². The zero-order valence-corrected chi connectivity index (χ0v) is 32.6. The molecule has 1 aromatic carbocycles. The first-order chi connectivity index (χ1) is 28.7. The lowest BCUT2D eigenvalue weighted by molar-refractivity contribution is -0.137. The van der Waals surface area contributed by atoms with Crippen LogP contribution in [0.25, 0.3) is 17.2 Å². The van der Waals surface area contributed by atoms with Crippen LogP contribution in [0.15, 0.2) is 53.4 Å². The molecule has 1 unspecified atom stereocenters. The summed E-state index contributed by atoms with van der Waals surface area (Å²) in [6.45, 7) is 4.61. The Kier molecular flexibility index (Phi) is 10.2. The van der Waals surface area contributed by atoms with Gasteiger partial charge in [-0.05, 0) is 68.0 Å². The van der Waals surface area contributed by atoms with Crippen LogP contribution in [0.1, 0.15) is 90.4 Å². The van der Waals surface area contributed by atoms with E-state index in [1.54, 1.807) is 35.6 Å². The lowest BCUT2D eigenvalue weighted by Gasteiger charge is -2.36. The molecular weight excluding hydrogens is 757 g/mol. The van der Waals surface area contributed by atoms with E-state index >= 15 is 0 Å². The molecule has 18 nitrogen and oxygen atoms in total. The Morgan fingerprint density at radius 2 is 1.80 bits per heavy atom. The highest BCUT2D eigenvalue weighted by molar-refractivity contribution is 6.05. The van der Waals surface area contributed by atoms with Gasteiger partial charge in [0.05, 0.1) is 35.7 Å². The second kappa shape index (κ2) is 15.9. The fourth-order valence-corrected chi connectivity index (χ4v) is 8.71. The second-order valence-corrected chi connectivity index (χ2v) is 15.6. The molecular formula is C41H44N12O6. The predicted molar refractivity (Wildman–Crippen MR) is 213 cm³/mol. The third-order valence-corrected chi connectivity index (χ3v) is 11.7. The Morgan fingerprint density at radius 1 is 0.966 bits per heavy atom. The van der Waals surface area contributed by atoms with Crippen LogP contribution < -0.4 is 20.9 Å². The molecule has 1 atom stereocenters. The number of imide groups is 1. The second-order valence-electron chi connectivity index (χ2n) is 15.6. The number of rotatable bonds is 10. The van der Waals surface area contributed by atoms with Crippen LogP contribution in [0, 0.1) is 6.92 Å². The average molecular weight is 801 g/mol. The van der Waals surface area contributed by atoms with E-state index in [1.165, 1.54) is 0 Å². The quantitative estimate of drug-likeness (QED) is 0.170. The Hall–Kier alpha value is -6.72. The monoisotopic (exact) mass is 800 g/mol. The Morgan fingerprint density at radius 3 is 2.59 bits per heavy atom. The van der Waals surface area contributed by atoms with Crippen LogP contribution >= 0.6 is 0 Å². The molecule has 9 rings (SSSR count). The van der Waals surface area contributed by atoms with Crippen LogP contribution in [-0.2, 0) is 27.3 Å². The topological polar surface area (TPSA) is 213 Å². The summed E-state index contributed by atoms with van der Waals surface area (Å²) in [6, 6.07) is 8.29. The maximum atomic E-state index is 13.1. The lowest BCUT2D eigenvalue weighted by atomic mass is 10.0. The number of carbonyl (C=O) groups excluding carboxylic acids is 5. The summed E-state index contributed by atoms with van der Waals surface area (Å²) in [5.41, 5.74) is 6.51. The number of pyridine rings is 1. The van der Waals surface area contributed by atoms with Gasteiger partial charge in [-0.1, -0.05) is 18.0 Å². The number of urea groups is 1. The predicted octanol–water partition coefficient (Wildman–Crippen LogP) is 4.22. The number of nitrogens with one attached hydrogen (secondary N) is 3. The van der Waals surface area contributed by atoms with E-state index < -0.39 is 18.0 Å². The minimum Gasteiger partial charge on any atom is -0.368 e. The van der Waals surface area contributed by atoms with E-state index in [-0.39, 0.29) is 24.1 Å². The highest BCUT2D eigenvalue weighted by atomic mass is 16.5. The molecule has 18 heteroatoms. The van der Waals surface area contributed by atoms with Gasteiger partial charge in [0.1, 0.15) is 11.7 Å². The van der Waals surface area contributed by atoms with Gasteiger partial charge < -0.3 is 29.9 Å². The van der Waals surface area contributed by atoms with E-state index in [1.807, 2.05) is 34.5 Å². The summed E-state index contributed by atoms with van der Waals surface area (Å²) < 4.78 is 7.33. The summed E-state index contributed by atoms with van der Waals surface area (Å²) in [5.74, 6) is 0.157. The van der Waals surface area contributed by atoms with Gasteiger partial charge in [0, 0.05) is 75.2 Å². The summed E-state index contributed by atoms with van der Waals surface area (Å²) in [6.07, 6.45) is 11.2. The number of amides is 6. The van der Waals surface area contributed by atoms with E-state index in [0.29, 0.717) is 98.7 Å². The number of aryl methyl sites for hydroxylation is 2. The Balaban J connectivity index is 0.739. The molecule has 59 heavy (non-hydrogen) atoms. The first-order valence-electron chi connectivity index (χ1n) is 20.2. The van der Waals surface area contributed by atoms with E-state index in [9.17, 15) is 24.0 Å². The van der Waals surface area contributed by atoms with Gasteiger partial charge in [-0.25, -0.2) is 14.3 Å². The number of anilines is 3. The largest absolute Gasteiger partial charge is 0.368 e. The molecule has 6 amide bonds. The molecule has 0 radical (unpaired) electrons.